The van der Waals surface area contributed by atoms with Crippen molar-refractivity contribution in [1.29, 1.82) is 0 Å². The summed E-state index contributed by atoms with van der Waals surface area (Å²) in [7, 11) is 3.09. The lowest BCUT2D eigenvalue weighted by Crippen LogP contribution is -2.02. The van der Waals surface area contributed by atoms with Crippen LogP contribution in [-0.2, 0) is 4.79 Å². The second-order valence-electron chi connectivity index (χ2n) is 5.32. The zero-order chi connectivity index (χ0) is 18.2. The second kappa shape index (κ2) is 8.78. The molecule has 5 nitrogen and oxygen atoms in total. The van der Waals surface area contributed by atoms with Crippen LogP contribution in [-0.4, -0.2) is 31.9 Å². The minimum absolute atomic E-state index is 0.143. The van der Waals surface area contributed by atoms with Crippen molar-refractivity contribution in [2.45, 2.75) is 13.3 Å². The zero-order valence-corrected chi connectivity index (χ0v) is 14.6. The molecule has 5 heteroatoms. The number of para-hydroxylation sites is 1. The van der Waals surface area contributed by atoms with Crippen LogP contribution < -0.4 is 14.2 Å². The lowest BCUT2D eigenvalue weighted by atomic mass is 10.0. The maximum atomic E-state index is 11.8. The highest BCUT2D eigenvalue weighted by atomic mass is 16.5. The third-order valence-electron chi connectivity index (χ3n) is 3.59. The van der Waals surface area contributed by atoms with E-state index in [-0.39, 0.29) is 5.57 Å². The molecule has 0 fully saturated rings. The van der Waals surface area contributed by atoms with Gasteiger partial charge in [0, 0.05) is 5.56 Å². The molecule has 0 aliphatic heterocycles. The highest BCUT2D eigenvalue weighted by Crippen LogP contribution is 2.32. The van der Waals surface area contributed by atoms with E-state index in [1.54, 1.807) is 55.7 Å². The molecular weight excluding hydrogens is 320 g/mol. The number of benzene rings is 2. The van der Waals surface area contributed by atoms with E-state index >= 15 is 0 Å². The van der Waals surface area contributed by atoms with Gasteiger partial charge in [0.2, 0.25) is 0 Å². The van der Waals surface area contributed by atoms with Gasteiger partial charge >= 0.3 is 5.97 Å². The van der Waals surface area contributed by atoms with Crippen molar-refractivity contribution in [2.75, 3.05) is 20.8 Å². The van der Waals surface area contributed by atoms with Crippen LogP contribution in [0.15, 0.2) is 42.5 Å². The minimum atomic E-state index is -1.03. The van der Waals surface area contributed by atoms with E-state index in [9.17, 15) is 9.90 Å². The molecule has 0 aliphatic carbocycles. The third-order valence-corrected chi connectivity index (χ3v) is 3.59. The molecule has 0 radical (unpaired) electrons. The molecule has 0 aromatic heterocycles. The van der Waals surface area contributed by atoms with Gasteiger partial charge in [-0.15, -0.1) is 0 Å². The Labute approximate surface area is 147 Å². The highest BCUT2D eigenvalue weighted by Gasteiger charge is 2.15. The van der Waals surface area contributed by atoms with E-state index in [1.165, 1.54) is 7.11 Å². The van der Waals surface area contributed by atoms with E-state index in [2.05, 4.69) is 0 Å². The molecule has 0 unspecified atom stereocenters. The average molecular weight is 342 g/mol. The van der Waals surface area contributed by atoms with E-state index < -0.39 is 5.97 Å². The van der Waals surface area contributed by atoms with Gasteiger partial charge in [0.15, 0.2) is 11.5 Å². The third kappa shape index (κ3) is 4.53. The molecule has 0 atom stereocenters. The van der Waals surface area contributed by atoms with Gasteiger partial charge < -0.3 is 19.3 Å². The topological polar surface area (TPSA) is 65.0 Å². The van der Waals surface area contributed by atoms with Crippen molar-refractivity contribution in [2.24, 2.45) is 0 Å². The summed E-state index contributed by atoms with van der Waals surface area (Å²) >= 11 is 0. The number of aliphatic carboxylic acids is 1. The first kappa shape index (κ1) is 18.4. The summed E-state index contributed by atoms with van der Waals surface area (Å²) < 4.78 is 16.3. The quantitative estimate of drug-likeness (QED) is 0.577. The lowest BCUT2D eigenvalue weighted by Gasteiger charge is -2.12. The number of carboxylic acids is 1. The van der Waals surface area contributed by atoms with Gasteiger partial charge in [-0.05, 0) is 36.3 Å². The van der Waals surface area contributed by atoms with Crippen LogP contribution in [0, 0.1) is 0 Å². The van der Waals surface area contributed by atoms with Crippen LogP contribution in [0.4, 0.5) is 0 Å². The maximum Gasteiger partial charge on any atom is 0.336 e. The molecule has 25 heavy (non-hydrogen) atoms. The van der Waals surface area contributed by atoms with Gasteiger partial charge in [0.25, 0.3) is 0 Å². The van der Waals surface area contributed by atoms with Crippen LogP contribution in [0.1, 0.15) is 24.5 Å². The Morgan fingerprint density at radius 1 is 1.04 bits per heavy atom. The predicted octanol–water partition coefficient (Wildman–Crippen LogP) is 4.12. The highest BCUT2D eigenvalue weighted by molar-refractivity contribution is 6.21. The molecule has 0 amide bonds. The molecular formula is C20H22O5. The summed E-state index contributed by atoms with van der Waals surface area (Å²) in [5.41, 5.74) is 1.36. The number of methoxy groups -OCH3 is 2. The van der Waals surface area contributed by atoms with Crippen molar-refractivity contribution in [3.8, 4) is 17.2 Å². The van der Waals surface area contributed by atoms with Crippen LogP contribution >= 0.6 is 0 Å². The molecule has 2 rings (SSSR count). The number of carboxylic acid groups (broad SMARTS) is 1. The van der Waals surface area contributed by atoms with Crippen molar-refractivity contribution >= 4 is 17.6 Å². The monoisotopic (exact) mass is 342 g/mol. The summed E-state index contributed by atoms with van der Waals surface area (Å²) in [6.07, 6.45) is 2.46. The van der Waals surface area contributed by atoms with Crippen molar-refractivity contribution in [1.82, 2.24) is 0 Å². The molecule has 0 bridgehead atoms. The molecule has 0 heterocycles. The first-order chi connectivity index (χ1) is 12.1. The number of rotatable bonds is 8. The van der Waals surface area contributed by atoms with Gasteiger partial charge in [0.1, 0.15) is 5.75 Å². The Balaban J connectivity index is 2.48. The van der Waals surface area contributed by atoms with Gasteiger partial charge in [0.05, 0.1) is 26.4 Å². The Bertz CT molecular complexity index is 764. The number of hydrogen-bond donors (Lipinski definition) is 1. The smallest absolute Gasteiger partial charge is 0.336 e. The van der Waals surface area contributed by atoms with Gasteiger partial charge in [-0.1, -0.05) is 31.2 Å². The predicted molar refractivity (Wildman–Crippen MR) is 97.3 cm³/mol. The molecule has 132 valence electrons. The van der Waals surface area contributed by atoms with Crippen LogP contribution in [0.2, 0.25) is 0 Å². The second-order valence-corrected chi connectivity index (χ2v) is 5.32. The van der Waals surface area contributed by atoms with E-state index in [0.717, 1.165) is 6.42 Å². The van der Waals surface area contributed by atoms with E-state index in [1.807, 2.05) is 6.92 Å². The maximum absolute atomic E-state index is 11.8. The van der Waals surface area contributed by atoms with E-state index in [0.29, 0.717) is 35.0 Å². The number of ether oxygens (including phenoxy) is 3. The minimum Gasteiger partial charge on any atom is -0.496 e. The standard InChI is InChI=1S/C20H22O5/c1-4-11-25-19-13-14(9-10-18(19)24-3)12-16(20(21)22)15-7-5-6-8-17(15)23-2/h5-10,12-13H,4,11H2,1-3H3,(H,21,22)/b16-12-. The van der Waals surface area contributed by atoms with Crippen LogP contribution in [0.3, 0.4) is 0 Å². The molecule has 1 N–H and O–H groups in total. The summed E-state index contributed by atoms with van der Waals surface area (Å²) in [6.45, 7) is 2.57. The van der Waals surface area contributed by atoms with Crippen molar-refractivity contribution < 1.29 is 24.1 Å². The summed E-state index contributed by atoms with van der Waals surface area (Å²) in [5.74, 6) is 0.672. The summed E-state index contributed by atoms with van der Waals surface area (Å²) in [6, 6.07) is 12.3. The molecule has 0 saturated carbocycles. The molecule has 0 aliphatic rings. The molecule has 0 spiro atoms. The van der Waals surface area contributed by atoms with Gasteiger partial charge in [-0.2, -0.15) is 0 Å². The Kier molecular flexibility index (Phi) is 6.46. The Hall–Kier alpha value is -2.95. The SMILES string of the molecule is CCCOc1cc(/C=C(\C(=O)O)c2ccccc2OC)ccc1OC. The van der Waals surface area contributed by atoms with Gasteiger partial charge in [-0.25, -0.2) is 4.79 Å². The lowest BCUT2D eigenvalue weighted by molar-refractivity contribution is -0.130. The number of hydrogen-bond acceptors (Lipinski definition) is 4. The van der Waals surface area contributed by atoms with E-state index in [4.69, 9.17) is 14.2 Å². The summed E-state index contributed by atoms with van der Waals surface area (Å²) in [5, 5.41) is 9.64. The fraction of sp³-hybridized carbons (Fsp3) is 0.250. The normalized spacial score (nSPS) is 11.1. The Morgan fingerprint density at radius 2 is 1.76 bits per heavy atom. The largest absolute Gasteiger partial charge is 0.496 e. The summed E-state index contributed by atoms with van der Waals surface area (Å²) in [4.78, 5) is 11.8. The fourth-order valence-electron chi connectivity index (χ4n) is 2.40. The Morgan fingerprint density at radius 3 is 2.40 bits per heavy atom. The first-order valence-electron chi connectivity index (χ1n) is 8.00. The molecule has 0 saturated heterocycles. The average Bonchev–Trinajstić information content (AvgIpc) is 2.64. The fourth-order valence-corrected chi connectivity index (χ4v) is 2.40. The van der Waals surface area contributed by atoms with Crippen molar-refractivity contribution in [3.63, 3.8) is 0 Å². The number of carbonyl (C=O) groups is 1. The first-order valence-corrected chi connectivity index (χ1v) is 8.00. The van der Waals surface area contributed by atoms with Crippen LogP contribution in [0.25, 0.3) is 11.6 Å². The van der Waals surface area contributed by atoms with Crippen LogP contribution in [0.5, 0.6) is 17.2 Å². The molecule has 2 aromatic carbocycles. The van der Waals surface area contributed by atoms with Gasteiger partial charge in [-0.3, -0.25) is 0 Å². The van der Waals surface area contributed by atoms with Crippen molar-refractivity contribution in [3.05, 3.63) is 53.6 Å². The molecule has 2 aromatic rings. The zero-order valence-electron chi connectivity index (χ0n) is 14.6.